The number of aryl methyl sites for hydroxylation is 1. The van der Waals surface area contributed by atoms with E-state index in [0.717, 1.165) is 0 Å². The van der Waals surface area contributed by atoms with Gasteiger partial charge in [-0.3, -0.25) is 14.0 Å². The maximum atomic E-state index is 13.2. The predicted molar refractivity (Wildman–Crippen MR) is 138 cm³/mol. The summed E-state index contributed by atoms with van der Waals surface area (Å²) in [6.07, 6.45) is 6.75. The molecular formula is C27H29N5O5. The summed E-state index contributed by atoms with van der Waals surface area (Å²) in [5.41, 5.74) is 0.691. The zero-order valence-electron chi connectivity index (χ0n) is 21.1. The molecule has 1 amide bonds. The van der Waals surface area contributed by atoms with E-state index in [0.29, 0.717) is 49.0 Å². The molecule has 0 unspecified atom stereocenters. The lowest BCUT2D eigenvalue weighted by molar-refractivity contribution is -0.117. The van der Waals surface area contributed by atoms with E-state index in [4.69, 9.17) is 14.2 Å². The summed E-state index contributed by atoms with van der Waals surface area (Å²) in [6, 6.07) is 8.73. The smallest absolute Gasteiger partial charge is 0.267 e. The molecule has 0 N–H and O–H groups in total. The maximum absolute atomic E-state index is 13.2. The van der Waals surface area contributed by atoms with Gasteiger partial charge in [-0.1, -0.05) is 12.6 Å². The van der Waals surface area contributed by atoms with E-state index >= 15 is 0 Å². The summed E-state index contributed by atoms with van der Waals surface area (Å²) in [4.78, 5) is 35.0. The first kappa shape index (κ1) is 27.1. The lowest BCUT2D eigenvalue weighted by Crippen LogP contribution is -2.30. The standard InChI is InChI=1S/C27H29N5O5/c1-5-20(35-3)17-21(36-4)11-12-24(33)30-25-19(18-28)16-22-26(32(25)14-9-15-37-6-2)29-23-10-7-8-13-31(23)27(22)34/h5,7-8,10-11,13,16-17H,1,6,9,12,14-15H2,2-4H3/b20-17+,21-11+,30-25?. The molecule has 0 fully saturated rings. The summed E-state index contributed by atoms with van der Waals surface area (Å²) in [6.45, 7) is 6.90. The monoisotopic (exact) mass is 503 g/mol. The second-order valence-corrected chi connectivity index (χ2v) is 7.75. The number of rotatable bonds is 11. The molecule has 0 aliphatic rings. The Morgan fingerprint density at radius 1 is 1.27 bits per heavy atom. The van der Waals surface area contributed by atoms with Gasteiger partial charge in [0.15, 0.2) is 5.49 Å². The van der Waals surface area contributed by atoms with Gasteiger partial charge >= 0.3 is 0 Å². The number of nitrogens with zero attached hydrogens (tertiary/aromatic N) is 5. The van der Waals surface area contributed by atoms with Gasteiger partial charge in [-0.05, 0) is 43.7 Å². The van der Waals surface area contributed by atoms with Crippen molar-refractivity contribution in [1.29, 1.82) is 5.26 Å². The molecule has 3 rings (SSSR count). The van der Waals surface area contributed by atoms with Gasteiger partial charge in [0.25, 0.3) is 11.5 Å². The van der Waals surface area contributed by atoms with Gasteiger partial charge in [0, 0.05) is 32.0 Å². The Balaban J connectivity index is 2.18. The van der Waals surface area contributed by atoms with Gasteiger partial charge in [-0.25, -0.2) is 4.98 Å². The second-order valence-electron chi connectivity index (χ2n) is 7.75. The average molecular weight is 504 g/mol. The minimum absolute atomic E-state index is 0.0937. The van der Waals surface area contributed by atoms with Crippen LogP contribution in [0.25, 0.3) is 16.7 Å². The predicted octanol–water partition coefficient (Wildman–Crippen LogP) is 3.01. The van der Waals surface area contributed by atoms with E-state index in [1.54, 1.807) is 41.1 Å². The number of allylic oxidation sites excluding steroid dienone is 2. The molecule has 0 bridgehead atoms. The van der Waals surface area contributed by atoms with E-state index < -0.39 is 5.91 Å². The summed E-state index contributed by atoms with van der Waals surface area (Å²) < 4.78 is 18.9. The molecule has 0 aliphatic heterocycles. The van der Waals surface area contributed by atoms with Crippen molar-refractivity contribution in [3.05, 3.63) is 88.2 Å². The van der Waals surface area contributed by atoms with Crippen molar-refractivity contribution in [2.24, 2.45) is 4.99 Å². The summed E-state index contributed by atoms with van der Waals surface area (Å²) in [7, 11) is 2.97. The minimum Gasteiger partial charge on any atom is -0.497 e. The van der Waals surface area contributed by atoms with Crippen LogP contribution >= 0.6 is 0 Å². The molecule has 10 nitrogen and oxygen atoms in total. The van der Waals surface area contributed by atoms with Gasteiger partial charge in [0.05, 0.1) is 31.6 Å². The zero-order valence-corrected chi connectivity index (χ0v) is 21.1. The molecule has 37 heavy (non-hydrogen) atoms. The average Bonchev–Trinajstić information content (AvgIpc) is 2.92. The van der Waals surface area contributed by atoms with Crippen molar-refractivity contribution in [1.82, 2.24) is 14.0 Å². The lowest BCUT2D eigenvalue weighted by atomic mass is 10.2. The van der Waals surface area contributed by atoms with Crippen LogP contribution in [0.15, 0.2) is 76.6 Å². The van der Waals surface area contributed by atoms with Gasteiger partial charge in [-0.2, -0.15) is 10.3 Å². The van der Waals surface area contributed by atoms with Crippen LogP contribution in [0.5, 0.6) is 0 Å². The Hall–Kier alpha value is -4.49. The maximum Gasteiger partial charge on any atom is 0.267 e. The molecule has 0 aromatic carbocycles. The molecule has 3 aromatic rings. The Morgan fingerprint density at radius 3 is 2.73 bits per heavy atom. The topological polar surface area (TPSA) is 120 Å². The van der Waals surface area contributed by atoms with Crippen LogP contribution in [0.3, 0.4) is 0 Å². The number of amides is 1. The van der Waals surface area contributed by atoms with Crippen LogP contribution in [0.2, 0.25) is 0 Å². The summed E-state index contributed by atoms with van der Waals surface area (Å²) >= 11 is 0. The third-order valence-corrected chi connectivity index (χ3v) is 5.45. The number of pyridine rings is 2. The van der Waals surface area contributed by atoms with Crippen LogP contribution in [0.1, 0.15) is 25.3 Å². The van der Waals surface area contributed by atoms with Crippen molar-refractivity contribution >= 4 is 22.6 Å². The quantitative estimate of drug-likeness (QED) is 0.171. The van der Waals surface area contributed by atoms with Gasteiger partial charge < -0.3 is 18.8 Å². The fourth-order valence-corrected chi connectivity index (χ4v) is 3.66. The number of aromatic nitrogens is 3. The third-order valence-electron chi connectivity index (χ3n) is 5.45. The number of nitriles is 1. The van der Waals surface area contributed by atoms with Crippen LogP contribution in [-0.4, -0.2) is 47.3 Å². The van der Waals surface area contributed by atoms with Crippen LogP contribution < -0.4 is 11.0 Å². The van der Waals surface area contributed by atoms with E-state index in [2.05, 4.69) is 22.6 Å². The normalized spacial score (nSPS) is 12.5. The second kappa shape index (κ2) is 13.0. The van der Waals surface area contributed by atoms with Crippen molar-refractivity contribution in [2.75, 3.05) is 27.4 Å². The van der Waals surface area contributed by atoms with Crippen molar-refractivity contribution in [3.8, 4) is 6.07 Å². The van der Waals surface area contributed by atoms with Crippen molar-refractivity contribution < 1.29 is 19.0 Å². The Kier molecular flexibility index (Phi) is 9.52. The molecule has 0 saturated heterocycles. The fourth-order valence-electron chi connectivity index (χ4n) is 3.66. The number of hydrogen-bond acceptors (Lipinski definition) is 7. The van der Waals surface area contributed by atoms with Crippen LogP contribution in [0.4, 0.5) is 0 Å². The zero-order chi connectivity index (χ0) is 26.8. The van der Waals surface area contributed by atoms with E-state index in [9.17, 15) is 14.9 Å². The molecular weight excluding hydrogens is 474 g/mol. The van der Waals surface area contributed by atoms with Gasteiger partial charge in [0.2, 0.25) is 0 Å². The highest BCUT2D eigenvalue weighted by Crippen LogP contribution is 2.11. The Morgan fingerprint density at radius 2 is 2.05 bits per heavy atom. The molecule has 10 heteroatoms. The minimum atomic E-state index is -0.507. The number of ether oxygens (including phenoxy) is 3. The molecule has 3 heterocycles. The number of methoxy groups -OCH3 is 2. The molecule has 0 spiro atoms. The number of hydrogen-bond donors (Lipinski definition) is 0. The third kappa shape index (κ3) is 6.39. The number of carbonyl (C=O) groups is 1. The lowest BCUT2D eigenvalue weighted by Gasteiger charge is -2.13. The number of fused-ring (bicyclic) bond motifs is 2. The van der Waals surface area contributed by atoms with Gasteiger partial charge in [0.1, 0.15) is 28.9 Å². The Bertz CT molecular complexity index is 1540. The van der Waals surface area contributed by atoms with Crippen molar-refractivity contribution in [2.45, 2.75) is 26.3 Å². The molecule has 0 atom stereocenters. The van der Waals surface area contributed by atoms with Crippen LogP contribution in [0, 0.1) is 11.3 Å². The molecule has 192 valence electrons. The highest BCUT2D eigenvalue weighted by Gasteiger charge is 2.15. The van der Waals surface area contributed by atoms with Crippen molar-refractivity contribution in [3.63, 3.8) is 0 Å². The van der Waals surface area contributed by atoms with E-state index in [1.807, 2.05) is 6.92 Å². The fraction of sp³-hybridized carbons (Fsp3) is 0.296. The highest BCUT2D eigenvalue weighted by molar-refractivity contribution is 5.80. The van der Waals surface area contributed by atoms with E-state index in [1.165, 1.54) is 30.8 Å². The molecule has 3 aromatic heterocycles. The first-order chi connectivity index (χ1) is 18.0. The molecule has 0 radical (unpaired) electrons. The van der Waals surface area contributed by atoms with Crippen LogP contribution in [-0.2, 0) is 25.5 Å². The van der Waals surface area contributed by atoms with Gasteiger partial charge in [-0.15, -0.1) is 0 Å². The Labute approximate surface area is 214 Å². The van der Waals surface area contributed by atoms with E-state index in [-0.39, 0.29) is 28.4 Å². The molecule has 0 aliphatic carbocycles. The summed E-state index contributed by atoms with van der Waals surface area (Å²) in [5, 5.41) is 10.1. The highest BCUT2D eigenvalue weighted by atomic mass is 16.5. The first-order valence-corrected chi connectivity index (χ1v) is 11.7. The largest absolute Gasteiger partial charge is 0.497 e. The molecule has 0 saturated carbocycles. The number of carbonyl (C=O) groups excluding carboxylic acids is 1. The first-order valence-electron chi connectivity index (χ1n) is 11.7. The summed E-state index contributed by atoms with van der Waals surface area (Å²) in [5.74, 6) is 0.355. The SMILES string of the molecule is C=C/C(=C\C(=C/CC(=O)N=c1c(C#N)cc2c(=O)n3ccccc3nc2n1CCCOCC)OC)OC.